The maximum atomic E-state index is 11.9. The average molecular weight is 250 g/mol. The smallest absolute Gasteiger partial charge is 0.274 e. The van der Waals surface area contributed by atoms with Crippen LogP contribution in [0.3, 0.4) is 0 Å². The fourth-order valence-electron chi connectivity index (χ4n) is 1.38. The summed E-state index contributed by atoms with van der Waals surface area (Å²) in [6.45, 7) is 5.57. The average Bonchev–Trinajstić information content (AvgIpc) is 2.28. The van der Waals surface area contributed by atoms with Crippen molar-refractivity contribution in [3.8, 4) is 5.75 Å². The number of nitrogens with zero attached hydrogens (tertiary/aromatic N) is 1. The summed E-state index contributed by atoms with van der Waals surface area (Å²) in [6, 6.07) is 6.72. The van der Waals surface area contributed by atoms with Gasteiger partial charge in [-0.1, -0.05) is 5.16 Å². The molecule has 0 aliphatic rings. The number of amides is 1. The van der Waals surface area contributed by atoms with Gasteiger partial charge < -0.3 is 15.3 Å². The van der Waals surface area contributed by atoms with Crippen molar-refractivity contribution in [1.82, 2.24) is 5.32 Å². The topological polar surface area (TPSA) is 70.9 Å². The van der Waals surface area contributed by atoms with Crippen molar-refractivity contribution in [3.63, 3.8) is 0 Å². The van der Waals surface area contributed by atoms with Crippen molar-refractivity contribution in [2.45, 2.75) is 26.3 Å². The zero-order valence-electron chi connectivity index (χ0n) is 11.0. The molecular formula is C13H18N2O3. The van der Waals surface area contributed by atoms with Gasteiger partial charge in [0.25, 0.3) is 5.91 Å². The van der Waals surface area contributed by atoms with Crippen molar-refractivity contribution in [2.75, 3.05) is 7.11 Å². The van der Waals surface area contributed by atoms with Crippen molar-refractivity contribution >= 4 is 11.6 Å². The second-order valence-corrected chi connectivity index (χ2v) is 4.88. The van der Waals surface area contributed by atoms with Gasteiger partial charge in [-0.3, -0.25) is 4.79 Å². The third-order valence-corrected chi connectivity index (χ3v) is 2.17. The van der Waals surface area contributed by atoms with E-state index in [2.05, 4.69) is 10.5 Å². The van der Waals surface area contributed by atoms with Crippen LogP contribution in [0, 0.1) is 0 Å². The van der Waals surface area contributed by atoms with Gasteiger partial charge >= 0.3 is 0 Å². The number of hydrogen-bond donors (Lipinski definition) is 2. The molecule has 98 valence electrons. The van der Waals surface area contributed by atoms with Gasteiger partial charge in [0.2, 0.25) is 0 Å². The molecule has 0 heterocycles. The molecule has 1 aromatic rings. The Kier molecular flexibility index (Phi) is 4.31. The summed E-state index contributed by atoms with van der Waals surface area (Å²) in [7, 11) is 1.56. The van der Waals surface area contributed by atoms with Crippen LogP contribution >= 0.6 is 0 Å². The van der Waals surface area contributed by atoms with Crippen molar-refractivity contribution in [3.05, 3.63) is 29.8 Å². The highest BCUT2D eigenvalue weighted by molar-refractivity contribution is 6.45. The molecule has 18 heavy (non-hydrogen) atoms. The van der Waals surface area contributed by atoms with Crippen LogP contribution in [0.5, 0.6) is 5.75 Å². The predicted molar refractivity (Wildman–Crippen MR) is 69.2 cm³/mol. The monoisotopic (exact) mass is 250 g/mol. The van der Waals surface area contributed by atoms with Gasteiger partial charge in [-0.05, 0) is 45.0 Å². The summed E-state index contributed by atoms with van der Waals surface area (Å²) in [5, 5.41) is 14.8. The number of rotatable bonds is 3. The van der Waals surface area contributed by atoms with Crippen LogP contribution in [0.1, 0.15) is 26.3 Å². The Labute approximate surface area is 106 Å². The molecule has 1 rings (SSSR count). The van der Waals surface area contributed by atoms with E-state index in [9.17, 15) is 4.79 Å². The number of hydrogen-bond acceptors (Lipinski definition) is 4. The van der Waals surface area contributed by atoms with Gasteiger partial charge in [0, 0.05) is 11.1 Å². The second kappa shape index (κ2) is 5.53. The molecule has 1 aromatic carbocycles. The highest BCUT2D eigenvalue weighted by Crippen LogP contribution is 2.12. The first-order valence-electron chi connectivity index (χ1n) is 5.56. The lowest BCUT2D eigenvalue weighted by molar-refractivity contribution is -0.116. The summed E-state index contributed by atoms with van der Waals surface area (Å²) in [6.07, 6.45) is 0. The fourth-order valence-corrected chi connectivity index (χ4v) is 1.38. The molecule has 2 N–H and O–H groups in total. The first-order valence-corrected chi connectivity index (χ1v) is 5.56. The van der Waals surface area contributed by atoms with E-state index in [4.69, 9.17) is 9.94 Å². The summed E-state index contributed by atoms with van der Waals surface area (Å²) in [5.74, 6) is 0.252. The summed E-state index contributed by atoms with van der Waals surface area (Å²) < 4.78 is 5.02. The number of carbonyl (C=O) groups is 1. The third kappa shape index (κ3) is 3.76. The molecule has 0 saturated heterocycles. The van der Waals surface area contributed by atoms with E-state index in [0.29, 0.717) is 11.3 Å². The molecule has 1 amide bonds. The van der Waals surface area contributed by atoms with Crippen molar-refractivity contribution in [2.24, 2.45) is 5.16 Å². The molecule has 5 nitrogen and oxygen atoms in total. The van der Waals surface area contributed by atoms with E-state index in [0.717, 1.165) is 0 Å². The summed E-state index contributed by atoms with van der Waals surface area (Å²) >= 11 is 0. The van der Waals surface area contributed by atoms with E-state index in [-0.39, 0.29) is 11.3 Å². The van der Waals surface area contributed by atoms with Gasteiger partial charge in [0.15, 0.2) is 5.71 Å². The second-order valence-electron chi connectivity index (χ2n) is 4.88. The largest absolute Gasteiger partial charge is 0.497 e. The molecule has 0 radical (unpaired) electrons. The Bertz CT molecular complexity index is 444. The number of nitrogens with one attached hydrogen (secondary N) is 1. The van der Waals surface area contributed by atoms with E-state index < -0.39 is 5.91 Å². The Morgan fingerprint density at radius 1 is 1.28 bits per heavy atom. The SMILES string of the molecule is COc1ccc(/C(=N\O)C(=O)NC(C)(C)C)cc1. The lowest BCUT2D eigenvalue weighted by Crippen LogP contribution is -2.44. The molecule has 0 saturated carbocycles. The summed E-state index contributed by atoms with van der Waals surface area (Å²) in [5.41, 5.74) is 0.118. The summed E-state index contributed by atoms with van der Waals surface area (Å²) in [4.78, 5) is 11.9. The van der Waals surface area contributed by atoms with Crippen LogP contribution in [0.25, 0.3) is 0 Å². The van der Waals surface area contributed by atoms with Crippen LogP contribution in [0.4, 0.5) is 0 Å². The molecule has 0 fully saturated rings. The number of ether oxygens (including phenoxy) is 1. The van der Waals surface area contributed by atoms with Crippen molar-refractivity contribution < 1.29 is 14.7 Å². The maximum absolute atomic E-state index is 11.9. The predicted octanol–water partition coefficient (Wildman–Crippen LogP) is 1.79. The normalized spacial score (nSPS) is 12.1. The Hall–Kier alpha value is -2.04. The van der Waals surface area contributed by atoms with Crippen LogP contribution in [0.15, 0.2) is 29.4 Å². The van der Waals surface area contributed by atoms with Gasteiger partial charge in [-0.15, -0.1) is 0 Å². The molecular weight excluding hydrogens is 232 g/mol. The molecule has 5 heteroatoms. The van der Waals surface area contributed by atoms with E-state index in [1.165, 1.54) is 0 Å². The molecule has 0 aromatic heterocycles. The van der Waals surface area contributed by atoms with Gasteiger partial charge in [-0.2, -0.15) is 0 Å². The minimum absolute atomic E-state index is 0.0208. The van der Waals surface area contributed by atoms with Crippen molar-refractivity contribution in [1.29, 1.82) is 0 Å². The quantitative estimate of drug-likeness (QED) is 0.488. The Morgan fingerprint density at radius 2 is 1.83 bits per heavy atom. The zero-order valence-corrected chi connectivity index (χ0v) is 11.0. The van der Waals surface area contributed by atoms with E-state index in [1.54, 1.807) is 31.4 Å². The first kappa shape index (κ1) is 14.0. The molecule has 0 aliphatic carbocycles. The molecule has 0 unspecified atom stereocenters. The van der Waals surface area contributed by atoms with Gasteiger partial charge in [0.1, 0.15) is 5.75 Å². The highest BCUT2D eigenvalue weighted by Gasteiger charge is 2.20. The third-order valence-electron chi connectivity index (χ3n) is 2.17. The lowest BCUT2D eigenvalue weighted by Gasteiger charge is -2.20. The minimum Gasteiger partial charge on any atom is -0.497 e. The zero-order chi connectivity index (χ0) is 13.8. The number of oxime groups is 1. The molecule has 0 atom stereocenters. The minimum atomic E-state index is -0.421. The molecule has 0 spiro atoms. The fraction of sp³-hybridized carbons (Fsp3) is 0.385. The first-order chi connectivity index (χ1) is 8.37. The Balaban J connectivity index is 2.93. The van der Waals surface area contributed by atoms with E-state index >= 15 is 0 Å². The number of methoxy groups -OCH3 is 1. The van der Waals surface area contributed by atoms with E-state index in [1.807, 2.05) is 20.8 Å². The number of carbonyl (C=O) groups excluding carboxylic acids is 1. The van der Waals surface area contributed by atoms with Crippen LogP contribution in [-0.2, 0) is 4.79 Å². The van der Waals surface area contributed by atoms with Crippen LogP contribution < -0.4 is 10.1 Å². The number of benzene rings is 1. The molecule has 0 bridgehead atoms. The van der Waals surface area contributed by atoms with Gasteiger partial charge in [0.05, 0.1) is 7.11 Å². The van der Waals surface area contributed by atoms with Crippen LogP contribution in [-0.4, -0.2) is 29.5 Å². The lowest BCUT2D eigenvalue weighted by atomic mass is 10.1. The van der Waals surface area contributed by atoms with Crippen LogP contribution in [0.2, 0.25) is 0 Å². The molecule has 0 aliphatic heterocycles. The Morgan fingerprint density at radius 3 is 2.22 bits per heavy atom. The van der Waals surface area contributed by atoms with Gasteiger partial charge in [-0.25, -0.2) is 0 Å². The standard InChI is InChI=1S/C13H18N2O3/c1-13(2,3)14-12(16)11(15-17)9-5-7-10(18-4)8-6-9/h5-8,17H,1-4H3,(H,14,16)/b15-11+. The highest BCUT2D eigenvalue weighted by atomic mass is 16.5. The maximum Gasteiger partial charge on any atom is 0.274 e.